The lowest BCUT2D eigenvalue weighted by atomic mass is 9.82. The van der Waals surface area contributed by atoms with Gasteiger partial charge in [0.1, 0.15) is 0 Å². The predicted octanol–water partition coefficient (Wildman–Crippen LogP) is 4.46. The number of benzene rings is 1. The van der Waals surface area contributed by atoms with Gasteiger partial charge in [-0.15, -0.1) is 0 Å². The Hall–Kier alpha value is -2.97. The van der Waals surface area contributed by atoms with E-state index >= 15 is 0 Å². The average Bonchev–Trinajstić information content (AvgIpc) is 3.21. The van der Waals surface area contributed by atoms with E-state index in [9.17, 15) is 9.90 Å². The van der Waals surface area contributed by atoms with Crippen molar-refractivity contribution in [3.63, 3.8) is 0 Å². The van der Waals surface area contributed by atoms with E-state index < -0.39 is 5.97 Å². The van der Waals surface area contributed by atoms with Crippen molar-refractivity contribution < 1.29 is 14.6 Å². The maximum Gasteiger partial charge on any atom is 0.354 e. The molecule has 1 aliphatic carbocycles. The molecule has 1 saturated carbocycles. The molecule has 8 nitrogen and oxygen atoms in total. The Balaban J connectivity index is 1.38. The number of carbonyl (C=O) groups is 1. The van der Waals surface area contributed by atoms with Crippen molar-refractivity contribution in [2.75, 3.05) is 31.1 Å². The number of para-hydroxylation sites is 1. The van der Waals surface area contributed by atoms with Crippen LogP contribution in [0.25, 0.3) is 16.7 Å². The third kappa shape index (κ3) is 4.26. The van der Waals surface area contributed by atoms with E-state index in [4.69, 9.17) is 9.84 Å². The highest BCUT2D eigenvalue weighted by molar-refractivity contribution is 5.98. The van der Waals surface area contributed by atoms with Crippen LogP contribution >= 0.6 is 0 Å². The molecule has 2 aromatic heterocycles. The maximum absolute atomic E-state index is 12.1. The normalized spacial score (nSPS) is 24.2. The first kappa shape index (κ1) is 23.4. The lowest BCUT2D eigenvalue weighted by Gasteiger charge is -2.44. The number of rotatable bonds is 5. The molecule has 0 radical (unpaired) electrons. The van der Waals surface area contributed by atoms with Crippen molar-refractivity contribution in [1.29, 1.82) is 0 Å². The average molecular weight is 490 g/mol. The second-order valence-electron chi connectivity index (χ2n) is 10.7. The van der Waals surface area contributed by atoms with E-state index in [-0.39, 0.29) is 17.9 Å². The van der Waals surface area contributed by atoms with Crippen LogP contribution in [0.3, 0.4) is 0 Å². The van der Waals surface area contributed by atoms with Crippen LogP contribution < -0.4 is 4.90 Å². The number of pyridine rings is 1. The van der Waals surface area contributed by atoms with E-state index in [0.717, 1.165) is 74.3 Å². The summed E-state index contributed by atoms with van der Waals surface area (Å²) in [6, 6.07) is 12.2. The van der Waals surface area contributed by atoms with Crippen molar-refractivity contribution in [3.8, 4) is 5.69 Å². The molecule has 0 amide bonds. The summed E-state index contributed by atoms with van der Waals surface area (Å²) in [5.74, 6) is -0.599. The monoisotopic (exact) mass is 489 g/mol. The highest BCUT2D eigenvalue weighted by Crippen LogP contribution is 2.43. The summed E-state index contributed by atoms with van der Waals surface area (Å²) in [4.78, 5) is 21.7. The van der Waals surface area contributed by atoms with Gasteiger partial charge < -0.3 is 14.7 Å². The number of aromatic carboxylic acids is 1. The van der Waals surface area contributed by atoms with Crippen LogP contribution in [0.1, 0.15) is 68.1 Å². The van der Waals surface area contributed by atoms with Gasteiger partial charge in [-0.2, -0.15) is 5.10 Å². The minimum absolute atomic E-state index is 0.0766. The van der Waals surface area contributed by atoms with Crippen LogP contribution in [0.15, 0.2) is 36.4 Å². The van der Waals surface area contributed by atoms with E-state index in [1.807, 2.05) is 35.0 Å². The highest BCUT2D eigenvalue weighted by Gasteiger charge is 2.34. The fourth-order valence-electron chi connectivity index (χ4n) is 6.19. The smallest absolute Gasteiger partial charge is 0.354 e. The fourth-order valence-corrected chi connectivity index (χ4v) is 6.19. The lowest BCUT2D eigenvalue weighted by molar-refractivity contribution is -0.0826. The first-order valence-electron chi connectivity index (χ1n) is 13.3. The van der Waals surface area contributed by atoms with E-state index in [0.29, 0.717) is 17.6 Å². The lowest BCUT2D eigenvalue weighted by Crippen LogP contribution is -2.53. The van der Waals surface area contributed by atoms with Crippen LogP contribution in [0.2, 0.25) is 0 Å². The number of fused-ring (bicyclic) bond motifs is 1. The predicted molar refractivity (Wildman–Crippen MR) is 139 cm³/mol. The molecule has 1 aromatic carbocycles. The van der Waals surface area contributed by atoms with Gasteiger partial charge >= 0.3 is 5.97 Å². The van der Waals surface area contributed by atoms with Crippen molar-refractivity contribution in [1.82, 2.24) is 19.7 Å². The van der Waals surface area contributed by atoms with Gasteiger partial charge in [0.2, 0.25) is 0 Å². The minimum Gasteiger partial charge on any atom is -0.477 e. The number of hydrogen-bond donors (Lipinski definition) is 1. The Morgan fingerprint density at radius 1 is 1.03 bits per heavy atom. The largest absolute Gasteiger partial charge is 0.477 e. The second-order valence-corrected chi connectivity index (χ2v) is 10.7. The maximum atomic E-state index is 12.1. The molecule has 4 heterocycles. The SMILES string of the molecule is CC1CN(C2CCN(c3cc(C(=O)O)nc4c3c(C3CCC3)nn4-c3ccccc3)CC2)CC(C)O1. The van der Waals surface area contributed by atoms with Crippen LogP contribution in [0, 0.1) is 0 Å². The molecule has 3 fully saturated rings. The van der Waals surface area contributed by atoms with Gasteiger partial charge in [0.25, 0.3) is 0 Å². The third-order valence-electron chi connectivity index (χ3n) is 8.13. The minimum atomic E-state index is -1.00. The summed E-state index contributed by atoms with van der Waals surface area (Å²) in [5.41, 5.74) is 3.67. The summed E-state index contributed by atoms with van der Waals surface area (Å²) >= 11 is 0. The summed E-state index contributed by atoms with van der Waals surface area (Å²) < 4.78 is 7.80. The van der Waals surface area contributed by atoms with Crippen LogP contribution in [0.5, 0.6) is 0 Å². The Bertz CT molecular complexity index is 1240. The van der Waals surface area contributed by atoms with Gasteiger partial charge in [0, 0.05) is 38.1 Å². The molecule has 190 valence electrons. The zero-order valence-electron chi connectivity index (χ0n) is 21.1. The molecule has 2 unspecified atom stereocenters. The van der Waals surface area contributed by atoms with E-state index in [1.54, 1.807) is 6.07 Å². The van der Waals surface area contributed by atoms with Crippen LogP contribution in [0.4, 0.5) is 5.69 Å². The molecule has 2 saturated heterocycles. The van der Waals surface area contributed by atoms with E-state index in [2.05, 4.69) is 28.6 Å². The Kier molecular flexibility index (Phi) is 6.17. The molecule has 3 aromatic rings. The number of anilines is 1. The van der Waals surface area contributed by atoms with E-state index in [1.165, 1.54) is 6.42 Å². The molecule has 0 bridgehead atoms. The van der Waals surface area contributed by atoms with Crippen LogP contribution in [-0.2, 0) is 4.74 Å². The zero-order valence-corrected chi connectivity index (χ0v) is 21.1. The Labute approximate surface area is 211 Å². The molecule has 2 atom stereocenters. The first-order valence-corrected chi connectivity index (χ1v) is 13.3. The molecule has 3 aliphatic rings. The van der Waals surface area contributed by atoms with Crippen molar-refractivity contribution >= 4 is 22.7 Å². The molecule has 0 spiro atoms. The number of hydrogen-bond acceptors (Lipinski definition) is 6. The van der Waals surface area contributed by atoms with Gasteiger partial charge in [-0.3, -0.25) is 4.90 Å². The number of morpholine rings is 1. The number of carboxylic acid groups (broad SMARTS) is 1. The molecule has 6 rings (SSSR count). The Morgan fingerprint density at radius 2 is 1.72 bits per heavy atom. The number of carboxylic acids is 1. The fraction of sp³-hybridized carbons (Fsp3) is 0.536. The quantitative estimate of drug-likeness (QED) is 0.566. The third-order valence-corrected chi connectivity index (χ3v) is 8.13. The summed E-state index contributed by atoms with van der Waals surface area (Å²) in [7, 11) is 0. The molecule has 2 aliphatic heterocycles. The zero-order chi connectivity index (χ0) is 24.8. The molecule has 8 heteroatoms. The van der Waals surface area contributed by atoms with Gasteiger partial charge in [0.05, 0.1) is 34.7 Å². The topological polar surface area (TPSA) is 83.7 Å². The van der Waals surface area contributed by atoms with Crippen molar-refractivity contribution in [3.05, 3.63) is 47.8 Å². The van der Waals surface area contributed by atoms with Crippen LogP contribution in [-0.4, -0.2) is 75.2 Å². The van der Waals surface area contributed by atoms with Gasteiger partial charge in [-0.1, -0.05) is 24.6 Å². The Morgan fingerprint density at radius 3 is 2.33 bits per heavy atom. The molecular formula is C28H35N5O3. The van der Waals surface area contributed by atoms with Crippen molar-refractivity contribution in [2.45, 2.75) is 70.1 Å². The van der Waals surface area contributed by atoms with Gasteiger partial charge in [-0.05, 0) is 57.7 Å². The number of piperidine rings is 1. The molecule has 36 heavy (non-hydrogen) atoms. The summed E-state index contributed by atoms with van der Waals surface area (Å²) in [5, 5.41) is 16.0. The van der Waals surface area contributed by atoms with Crippen molar-refractivity contribution in [2.24, 2.45) is 0 Å². The second kappa shape index (κ2) is 9.48. The molecule has 1 N–H and O–H groups in total. The highest BCUT2D eigenvalue weighted by atomic mass is 16.5. The first-order chi connectivity index (χ1) is 17.5. The summed E-state index contributed by atoms with van der Waals surface area (Å²) in [6.45, 7) is 8.06. The van der Waals surface area contributed by atoms with Gasteiger partial charge in [-0.25, -0.2) is 14.5 Å². The summed E-state index contributed by atoms with van der Waals surface area (Å²) in [6.07, 6.45) is 6.08. The molecular weight excluding hydrogens is 454 g/mol. The number of ether oxygens (including phenoxy) is 1. The standard InChI is InChI=1S/C28H35N5O3/c1-18-16-32(17-19(2)36-18)21-11-13-31(14-12-21)24-15-23(28(34)35)29-27-25(24)26(20-7-6-8-20)30-33(27)22-9-4-3-5-10-22/h3-5,9-10,15,18-21H,6-8,11-14,16-17H2,1-2H3,(H,34,35). The van der Waals surface area contributed by atoms with Gasteiger partial charge in [0.15, 0.2) is 11.3 Å². The number of nitrogens with zero attached hydrogens (tertiary/aromatic N) is 5. The number of aromatic nitrogens is 3.